The zero-order valence-electron chi connectivity index (χ0n) is 7.54. The molecule has 0 aromatic carbocycles. The number of aliphatic hydroxyl groups excluding tert-OH is 2. The molecule has 0 aliphatic heterocycles. The van der Waals surface area contributed by atoms with E-state index in [0.29, 0.717) is 12.7 Å². The number of carbonyl (C=O) groups excluding carboxylic acids is 1. The van der Waals surface area contributed by atoms with Gasteiger partial charge in [-0.25, -0.2) is 0 Å². The van der Waals surface area contributed by atoms with E-state index in [9.17, 15) is 13.2 Å². The molecule has 0 saturated carbocycles. The molecule has 0 aliphatic carbocycles. The fourth-order valence-electron chi connectivity index (χ4n) is 0.930. The van der Waals surface area contributed by atoms with Crippen molar-refractivity contribution in [1.82, 2.24) is 0 Å². The van der Waals surface area contributed by atoms with E-state index < -0.39 is 28.1 Å². The van der Waals surface area contributed by atoms with Crippen LogP contribution in [0.3, 0.4) is 0 Å². The van der Waals surface area contributed by atoms with Gasteiger partial charge in [-0.05, 0) is 12.8 Å². The van der Waals surface area contributed by atoms with E-state index >= 15 is 0 Å². The lowest BCUT2D eigenvalue weighted by atomic mass is 10.1. The third-order valence-corrected chi connectivity index (χ3v) is 2.41. The molecule has 84 valence electrons. The fourth-order valence-corrected chi connectivity index (χ4v) is 1.58. The Hall–Kier alpha value is -0.500. The number of hydrogen-bond acceptors (Lipinski definition) is 5. The molecule has 14 heavy (non-hydrogen) atoms. The van der Waals surface area contributed by atoms with Gasteiger partial charge in [0.05, 0.1) is 12.2 Å². The minimum absolute atomic E-state index is 0.120. The molecular weight excluding hydrogens is 212 g/mol. The number of rotatable bonds is 7. The van der Waals surface area contributed by atoms with Crippen LogP contribution in [0.4, 0.5) is 0 Å². The van der Waals surface area contributed by atoms with Crippen LogP contribution in [0.25, 0.3) is 0 Å². The highest BCUT2D eigenvalue weighted by Crippen LogP contribution is 2.05. The largest absolute Gasteiger partial charge is 0.390 e. The average Bonchev–Trinajstić information content (AvgIpc) is 2.01. The SMILES string of the molecule is O=CCCCC(O)C(O)CS(=O)(=O)O. The Bertz CT molecular complexity index is 259. The number of unbranched alkanes of at least 4 members (excludes halogenated alkanes) is 1. The van der Waals surface area contributed by atoms with Crippen molar-refractivity contribution in [1.29, 1.82) is 0 Å². The zero-order valence-corrected chi connectivity index (χ0v) is 8.35. The average molecular weight is 226 g/mol. The Morgan fingerprint density at radius 1 is 1.21 bits per heavy atom. The molecular formula is C7H14O6S. The van der Waals surface area contributed by atoms with Crippen molar-refractivity contribution in [3.63, 3.8) is 0 Å². The molecule has 0 radical (unpaired) electrons. The fraction of sp³-hybridized carbons (Fsp3) is 0.857. The van der Waals surface area contributed by atoms with Gasteiger partial charge in [0.25, 0.3) is 10.1 Å². The van der Waals surface area contributed by atoms with E-state index in [1.54, 1.807) is 0 Å². The van der Waals surface area contributed by atoms with Crippen molar-refractivity contribution >= 4 is 16.4 Å². The lowest BCUT2D eigenvalue weighted by Gasteiger charge is -2.15. The number of hydrogen-bond donors (Lipinski definition) is 3. The van der Waals surface area contributed by atoms with Gasteiger partial charge in [0.2, 0.25) is 0 Å². The van der Waals surface area contributed by atoms with Gasteiger partial charge in [0.15, 0.2) is 0 Å². The lowest BCUT2D eigenvalue weighted by molar-refractivity contribution is -0.108. The first-order valence-electron chi connectivity index (χ1n) is 4.11. The molecule has 0 rings (SSSR count). The molecule has 0 spiro atoms. The Labute approximate surface area is 82.3 Å². The van der Waals surface area contributed by atoms with Crippen molar-refractivity contribution in [3.05, 3.63) is 0 Å². The van der Waals surface area contributed by atoms with Gasteiger partial charge in [0, 0.05) is 6.42 Å². The van der Waals surface area contributed by atoms with Crippen LogP contribution in [-0.4, -0.2) is 47.4 Å². The summed E-state index contributed by atoms with van der Waals surface area (Å²) >= 11 is 0. The lowest BCUT2D eigenvalue weighted by Crippen LogP contribution is -2.32. The van der Waals surface area contributed by atoms with Gasteiger partial charge >= 0.3 is 0 Å². The maximum atomic E-state index is 10.3. The van der Waals surface area contributed by atoms with Crippen molar-refractivity contribution in [3.8, 4) is 0 Å². The van der Waals surface area contributed by atoms with Crippen LogP contribution >= 0.6 is 0 Å². The van der Waals surface area contributed by atoms with Crippen molar-refractivity contribution in [2.75, 3.05) is 5.75 Å². The topological polar surface area (TPSA) is 112 Å². The summed E-state index contributed by atoms with van der Waals surface area (Å²) < 4.78 is 29.0. The van der Waals surface area contributed by atoms with Crippen LogP contribution < -0.4 is 0 Å². The second-order valence-electron chi connectivity index (χ2n) is 2.98. The van der Waals surface area contributed by atoms with Crippen LogP contribution in [0.5, 0.6) is 0 Å². The van der Waals surface area contributed by atoms with Gasteiger partial charge in [-0.15, -0.1) is 0 Å². The summed E-state index contributed by atoms with van der Waals surface area (Å²) in [6, 6.07) is 0. The van der Waals surface area contributed by atoms with Crippen LogP contribution in [0, 0.1) is 0 Å². The van der Waals surface area contributed by atoms with Gasteiger partial charge in [0.1, 0.15) is 12.0 Å². The van der Waals surface area contributed by atoms with E-state index in [1.165, 1.54) is 0 Å². The van der Waals surface area contributed by atoms with Gasteiger partial charge in [-0.3, -0.25) is 4.55 Å². The Morgan fingerprint density at radius 2 is 1.79 bits per heavy atom. The Balaban J connectivity index is 3.87. The summed E-state index contributed by atoms with van der Waals surface area (Å²) in [6.45, 7) is 0. The molecule has 2 atom stereocenters. The summed E-state index contributed by atoms with van der Waals surface area (Å²) in [4.78, 5) is 9.90. The first kappa shape index (κ1) is 13.5. The first-order chi connectivity index (χ1) is 6.37. The quantitative estimate of drug-likeness (QED) is 0.290. The van der Waals surface area contributed by atoms with Gasteiger partial charge < -0.3 is 15.0 Å². The molecule has 7 heteroatoms. The predicted molar refractivity (Wildman–Crippen MR) is 48.3 cm³/mol. The van der Waals surface area contributed by atoms with Crippen molar-refractivity contribution < 1.29 is 28.0 Å². The third-order valence-electron chi connectivity index (χ3n) is 1.65. The summed E-state index contributed by atoms with van der Waals surface area (Å²) in [6.07, 6.45) is -1.35. The smallest absolute Gasteiger partial charge is 0.267 e. The number of aldehydes is 1. The van der Waals surface area contributed by atoms with Crippen molar-refractivity contribution in [2.24, 2.45) is 0 Å². The molecule has 0 aromatic rings. The summed E-state index contributed by atoms with van der Waals surface area (Å²) in [5, 5.41) is 18.2. The Kier molecular flexibility index (Phi) is 5.86. The summed E-state index contributed by atoms with van der Waals surface area (Å²) in [7, 11) is -4.28. The number of carbonyl (C=O) groups is 1. The van der Waals surface area contributed by atoms with Crippen LogP contribution in [0.1, 0.15) is 19.3 Å². The summed E-state index contributed by atoms with van der Waals surface area (Å²) in [5.41, 5.74) is 0. The second kappa shape index (κ2) is 6.07. The highest BCUT2D eigenvalue weighted by molar-refractivity contribution is 7.85. The zero-order chi connectivity index (χ0) is 11.2. The third kappa shape index (κ3) is 6.96. The molecule has 0 fully saturated rings. The monoisotopic (exact) mass is 226 g/mol. The van der Waals surface area contributed by atoms with Crippen molar-refractivity contribution in [2.45, 2.75) is 31.5 Å². The molecule has 0 aliphatic rings. The predicted octanol–water partition coefficient (Wildman–Crippen LogP) is -1.03. The highest BCUT2D eigenvalue weighted by atomic mass is 32.2. The summed E-state index contributed by atoms with van der Waals surface area (Å²) in [5.74, 6) is -0.894. The normalized spacial score (nSPS) is 16.2. The minimum Gasteiger partial charge on any atom is -0.390 e. The van der Waals surface area contributed by atoms with Crippen LogP contribution in [0.2, 0.25) is 0 Å². The molecule has 0 bridgehead atoms. The second-order valence-corrected chi connectivity index (χ2v) is 4.48. The van der Waals surface area contributed by atoms with E-state index in [4.69, 9.17) is 14.8 Å². The standard InChI is InChI=1S/C7H14O6S/c8-4-2-1-3-6(9)7(10)5-14(11,12)13/h4,6-7,9-10H,1-3,5H2,(H,11,12,13). The van der Waals surface area contributed by atoms with E-state index in [-0.39, 0.29) is 12.8 Å². The molecule has 3 N–H and O–H groups in total. The highest BCUT2D eigenvalue weighted by Gasteiger charge is 2.21. The van der Waals surface area contributed by atoms with E-state index in [2.05, 4.69) is 0 Å². The van der Waals surface area contributed by atoms with E-state index in [1.807, 2.05) is 0 Å². The molecule has 2 unspecified atom stereocenters. The van der Waals surface area contributed by atoms with Gasteiger partial charge in [-0.2, -0.15) is 8.42 Å². The maximum Gasteiger partial charge on any atom is 0.267 e. The Morgan fingerprint density at radius 3 is 2.21 bits per heavy atom. The minimum atomic E-state index is -4.28. The maximum absolute atomic E-state index is 10.3. The molecule has 0 heterocycles. The molecule has 6 nitrogen and oxygen atoms in total. The molecule has 0 amide bonds. The van der Waals surface area contributed by atoms with E-state index in [0.717, 1.165) is 0 Å². The number of aliphatic hydroxyl groups is 2. The molecule has 0 saturated heterocycles. The van der Waals surface area contributed by atoms with Crippen LogP contribution in [0.15, 0.2) is 0 Å². The van der Waals surface area contributed by atoms with Gasteiger partial charge in [-0.1, -0.05) is 0 Å². The first-order valence-corrected chi connectivity index (χ1v) is 5.72. The molecule has 0 aromatic heterocycles. The van der Waals surface area contributed by atoms with Crippen LogP contribution in [-0.2, 0) is 14.9 Å².